The summed E-state index contributed by atoms with van der Waals surface area (Å²) in [5.41, 5.74) is 0.908. The Morgan fingerprint density at radius 3 is 2.52 bits per heavy atom. The summed E-state index contributed by atoms with van der Waals surface area (Å²) in [5.74, 6) is -1.02. The maximum Gasteiger partial charge on any atom is 0.445 e. The van der Waals surface area contributed by atoms with E-state index in [1.54, 1.807) is 12.1 Å². The van der Waals surface area contributed by atoms with Gasteiger partial charge in [0.15, 0.2) is 0 Å². The Balaban J connectivity index is 2.23. The van der Waals surface area contributed by atoms with E-state index in [0.717, 1.165) is 12.0 Å². The summed E-state index contributed by atoms with van der Waals surface area (Å²) in [7, 11) is 0. The van der Waals surface area contributed by atoms with Crippen LogP contribution in [0.25, 0.3) is 0 Å². The van der Waals surface area contributed by atoms with Gasteiger partial charge >= 0.3 is 12.1 Å². The van der Waals surface area contributed by atoms with E-state index in [9.17, 15) is 22.8 Å². The maximum atomic E-state index is 12.5. The van der Waals surface area contributed by atoms with Crippen LogP contribution in [0.4, 0.5) is 18.3 Å². The minimum atomic E-state index is -4.62. The van der Waals surface area contributed by atoms with Crippen molar-refractivity contribution in [2.75, 3.05) is 5.32 Å². The Hall–Kier alpha value is -2.49. The molecule has 0 saturated carbocycles. The van der Waals surface area contributed by atoms with Crippen LogP contribution in [0.3, 0.4) is 0 Å². The highest BCUT2D eigenvalue weighted by Gasteiger charge is 2.35. The van der Waals surface area contributed by atoms with Gasteiger partial charge < -0.3 is 4.74 Å². The van der Waals surface area contributed by atoms with Gasteiger partial charge in [0.2, 0.25) is 10.1 Å². The van der Waals surface area contributed by atoms with Gasteiger partial charge in [-0.05, 0) is 30.2 Å². The average molecular weight is 373 g/mol. The molecule has 0 radical (unpaired) electrons. The lowest BCUT2D eigenvalue weighted by Crippen LogP contribution is -2.13. The van der Waals surface area contributed by atoms with E-state index in [4.69, 9.17) is 4.74 Å². The number of hydrogen-bond acceptors (Lipinski definition) is 6. The molecule has 0 aliphatic carbocycles. The minimum Gasteiger partial charge on any atom is -0.427 e. The SMILES string of the molecule is CCCc1cc(OC(C)=O)cc(C(=O)Nc2nnc(C(F)(F)F)s2)c1. The van der Waals surface area contributed by atoms with Gasteiger partial charge in [-0.2, -0.15) is 13.2 Å². The summed E-state index contributed by atoms with van der Waals surface area (Å²) in [6.45, 7) is 3.17. The number of hydrogen-bond donors (Lipinski definition) is 1. The predicted molar refractivity (Wildman–Crippen MR) is 84.6 cm³/mol. The number of aromatic nitrogens is 2. The van der Waals surface area contributed by atoms with Gasteiger partial charge in [-0.15, -0.1) is 10.2 Å². The first kappa shape index (κ1) is 18.8. The van der Waals surface area contributed by atoms with Gasteiger partial charge in [-0.1, -0.05) is 24.7 Å². The highest BCUT2D eigenvalue weighted by atomic mass is 32.1. The molecular weight excluding hydrogens is 359 g/mol. The Kier molecular flexibility index (Phi) is 5.73. The topological polar surface area (TPSA) is 81.2 Å². The zero-order valence-corrected chi connectivity index (χ0v) is 14.1. The minimum absolute atomic E-state index is 0.144. The van der Waals surface area contributed by atoms with Crippen molar-refractivity contribution in [1.29, 1.82) is 0 Å². The molecule has 1 aromatic carbocycles. The summed E-state index contributed by atoms with van der Waals surface area (Å²) in [5, 5.41) is 7.15. The molecule has 0 spiro atoms. The van der Waals surface area contributed by atoms with E-state index in [1.165, 1.54) is 13.0 Å². The van der Waals surface area contributed by atoms with Crippen molar-refractivity contribution in [2.24, 2.45) is 0 Å². The molecule has 6 nitrogen and oxygen atoms in total. The maximum absolute atomic E-state index is 12.5. The number of aryl methyl sites for hydroxylation is 1. The number of halogens is 3. The first-order valence-corrected chi connectivity index (χ1v) is 8.05. The number of benzene rings is 1. The van der Waals surface area contributed by atoms with Gasteiger partial charge in [0.05, 0.1) is 0 Å². The van der Waals surface area contributed by atoms with E-state index in [0.29, 0.717) is 6.42 Å². The van der Waals surface area contributed by atoms with Crippen LogP contribution in [0, 0.1) is 0 Å². The molecule has 0 aliphatic rings. The molecule has 1 heterocycles. The second kappa shape index (κ2) is 7.60. The third kappa shape index (κ3) is 5.24. The van der Waals surface area contributed by atoms with Crippen molar-refractivity contribution in [2.45, 2.75) is 32.9 Å². The second-order valence-electron chi connectivity index (χ2n) is 5.07. The molecule has 1 amide bonds. The van der Waals surface area contributed by atoms with Gasteiger partial charge in [0.1, 0.15) is 5.75 Å². The van der Waals surface area contributed by atoms with Crippen molar-refractivity contribution in [1.82, 2.24) is 10.2 Å². The van der Waals surface area contributed by atoms with E-state index < -0.39 is 23.1 Å². The van der Waals surface area contributed by atoms with Crippen LogP contribution in [0.5, 0.6) is 5.75 Å². The van der Waals surface area contributed by atoms with Gasteiger partial charge in [0.25, 0.3) is 5.91 Å². The zero-order chi connectivity index (χ0) is 18.6. The van der Waals surface area contributed by atoms with Gasteiger partial charge in [-0.3, -0.25) is 14.9 Å². The molecule has 10 heteroatoms. The highest BCUT2D eigenvalue weighted by Crippen LogP contribution is 2.33. The van der Waals surface area contributed by atoms with Crippen LogP contribution in [0.1, 0.15) is 41.2 Å². The summed E-state index contributed by atoms with van der Waals surface area (Å²) < 4.78 is 42.6. The molecule has 2 rings (SSSR count). The second-order valence-corrected chi connectivity index (χ2v) is 6.05. The van der Waals surface area contributed by atoms with Crippen LogP contribution >= 0.6 is 11.3 Å². The highest BCUT2D eigenvalue weighted by molar-refractivity contribution is 7.15. The number of ether oxygens (including phenoxy) is 1. The van der Waals surface area contributed by atoms with Crippen LogP contribution in [-0.2, 0) is 17.4 Å². The molecular formula is C15H14F3N3O3S. The molecule has 134 valence electrons. The van der Waals surface area contributed by atoms with Gasteiger partial charge in [-0.25, -0.2) is 0 Å². The first-order chi connectivity index (χ1) is 11.7. The molecule has 0 bridgehead atoms. The first-order valence-electron chi connectivity index (χ1n) is 7.23. The monoisotopic (exact) mass is 373 g/mol. The summed E-state index contributed by atoms with van der Waals surface area (Å²) in [6.07, 6.45) is -3.17. The molecule has 0 fully saturated rings. The van der Waals surface area contributed by atoms with E-state index in [1.807, 2.05) is 6.92 Å². The van der Waals surface area contributed by atoms with Crippen LogP contribution in [0.15, 0.2) is 18.2 Å². The molecule has 1 N–H and O–H groups in total. The number of carbonyl (C=O) groups excluding carboxylic acids is 2. The Labute approximate surface area is 145 Å². The van der Waals surface area contributed by atoms with Crippen LogP contribution in [0.2, 0.25) is 0 Å². The Morgan fingerprint density at radius 1 is 1.24 bits per heavy atom. The summed E-state index contributed by atoms with van der Waals surface area (Å²) in [4.78, 5) is 23.4. The molecule has 25 heavy (non-hydrogen) atoms. The summed E-state index contributed by atoms with van der Waals surface area (Å²) >= 11 is 0.228. The fraction of sp³-hybridized carbons (Fsp3) is 0.333. The number of carbonyl (C=O) groups is 2. The normalized spacial score (nSPS) is 11.2. The molecule has 2 aromatic rings. The fourth-order valence-corrected chi connectivity index (χ4v) is 2.61. The lowest BCUT2D eigenvalue weighted by atomic mass is 10.1. The zero-order valence-electron chi connectivity index (χ0n) is 13.3. The lowest BCUT2D eigenvalue weighted by Gasteiger charge is -2.08. The number of rotatable bonds is 5. The van der Waals surface area contributed by atoms with Crippen LogP contribution < -0.4 is 10.1 Å². The summed E-state index contributed by atoms with van der Waals surface area (Å²) in [6, 6.07) is 4.55. The van der Waals surface area contributed by atoms with Crippen molar-refractivity contribution in [3.63, 3.8) is 0 Å². The molecule has 0 atom stereocenters. The average Bonchev–Trinajstić information content (AvgIpc) is 2.95. The van der Waals surface area contributed by atoms with E-state index >= 15 is 0 Å². The van der Waals surface area contributed by atoms with Crippen molar-refractivity contribution < 1.29 is 27.5 Å². The molecule has 1 aromatic heterocycles. The van der Waals surface area contributed by atoms with Crippen LogP contribution in [-0.4, -0.2) is 22.1 Å². The predicted octanol–water partition coefficient (Wildman–Crippen LogP) is 3.69. The Morgan fingerprint density at radius 2 is 1.96 bits per heavy atom. The smallest absolute Gasteiger partial charge is 0.427 e. The van der Waals surface area contributed by atoms with Gasteiger partial charge in [0, 0.05) is 12.5 Å². The molecule has 0 unspecified atom stereocenters. The lowest BCUT2D eigenvalue weighted by molar-refractivity contribution is -0.138. The Bertz CT molecular complexity index is 790. The third-order valence-corrected chi connectivity index (χ3v) is 3.80. The number of esters is 1. The van der Waals surface area contributed by atoms with E-state index in [-0.39, 0.29) is 27.8 Å². The standard InChI is InChI=1S/C15H14F3N3O3S/c1-3-4-9-5-10(7-11(6-9)24-8(2)22)12(23)19-14-21-20-13(25-14)15(16,17)18/h5-7H,3-4H2,1-2H3,(H,19,21,23). The van der Waals surface area contributed by atoms with Crippen molar-refractivity contribution >= 4 is 28.3 Å². The van der Waals surface area contributed by atoms with Crippen molar-refractivity contribution in [3.8, 4) is 5.75 Å². The third-order valence-electron chi connectivity index (χ3n) is 2.92. The number of alkyl halides is 3. The number of nitrogens with zero attached hydrogens (tertiary/aromatic N) is 2. The number of nitrogens with one attached hydrogen (secondary N) is 1. The number of anilines is 1. The molecule has 0 saturated heterocycles. The largest absolute Gasteiger partial charge is 0.445 e. The number of amides is 1. The quantitative estimate of drug-likeness (QED) is 0.639. The fourth-order valence-electron chi connectivity index (χ4n) is 2.01. The van der Waals surface area contributed by atoms with E-state index in [2.05, 4.69) is 15.5 Å². The molecule has 0 aliphatic heterocycles. The van der Waals surface area contributed by atoms with Crippen molar-refractivity contribution in [3.05, 3.63) is 34.3 Å².